The van der Waals surface area contributed by atoms with E-state index in [1.54, 1.807) is 0 Å². The number of rotatable bonds is 5. The first-order chi connectivity index (χ1) is 17.5. The van der Waals surface area contributed by atoms with E-state index in [0.29, 0.717) is 11.1 Å². The standard InChI is InChI=1S/C11H12F2N2O3.C9H9ClF2N2O.CH4O.CO/c1-17-9-7(6-4-11(12,13)5-6)3-8(14-15-9)10(16)18-2;1-15-8-6(2-7(10)13-14-8)5-3-9(11,12)4-5;2*1-2/h3,6H,4-5H2,1-2H3;2,5H,3-4H2,1H3;2H,1H3;. The van der Waals surface area contributed by atoms with Crippen LogP contribution < -0.4 is 9.47 Å². The fourth-order valence-electron chi connectivity index (χ4n) is 3.63. The van der Waals surface area contributed by atoms with Crippen LogP contribution in [-0.4, -0.2) is 71.8 Å². The summed E-state index contributed by atoms with van der Waals surface area (Å²) in [5, 5.41) is 21.8. The van der Waals surface area contributed by atoms with Gasteiger partial charge in [-0.25, -0.2) is 22.4 Å². The molecule has 15 heteroatoms. The second-order valence-corrected chi connectivity index (χ2v) is 8.13. The number of aliphatic hydroxyl groups excluding tert-OH is 1. The number of alkyl halides is 4. The van der Waals surface area contributed by atoms with Crippen LogP contribution in [0.1, 0.15) is 59.1 Å². The Morgan fingerprint density at radius 1 is 0.892 bits per heavy atom. The first-order valence-electron chi connectivity index (χ1n) is 10.5. The van der Waals surface area contributed by atoms with Crippen molar-refractivity contribution in [3.63, 3.8) is 0 Å². The van der Waals surface area contributed by atoms with Crippen LogP contribution in [0.5, 0.6) is 11.8 Å². The minimum atomic E-state index is -2.65. The van der Waals surface area contributed by atoms with E-state index >= 15 is 0 Å². The molecule has 0 unspecified atom stereocenters. The Bertz CT molecular complexity index is 1060. The van der Waals surface area contributed by atoms with Crippen LogP contribution in [0.4, 0.5) is 17.6 Å². The molecule has 2 aliphatic rings. The van der Waals surface area contributed by atoms with Crippen molar-refractivity contribution in [2.45, 2.75) is 49.4 Å². The van der Waals surface area contributed by atoms with Gasteiger partial charge in [0.1, 0.15) is 0 Å². The number of aromatic nitrogens is 4. The molecule has 2 heterocycles. The normalized spacial score (nSPS) is 17.0. The number of carbonyl (C=O) groups excluding carboxylic acids is 1. The number of hydrogen-bond acceptors (Lipinski definition) is 9. The monoisotopic (exact) mass is 552 g/mol. The molecule has 0 spiro atoms. The second-order valence-electron chi connectivity index (χ2n) is 7.74. The van der Waals surface area contributed by atoms with Crippen molar-refractivity contribution >= 4 is 17.6 Å². The Hall–Kier alpha value is -3.06. The zero-order valence-electron chi connectivity index (χ0n) is 20.3. The molecule has 4 rings (SSSR count). The van der Waals surface area contributed by atoms with Gasteiger partial charge in [-0.2, -0.15) is 0 Å². The average Bonchev–Trinajstić information content (AvgIpc) is 2.87. The summed E-state index contributed by atoms with van der Waals surface area (Å²) in [4.78, 5) is 11.3. The third kappa shape index (κ3) is 8.49. The molecule has 2 fully saturated rings. The van der Waals surface area contributed by atoms with Gasteiger partial charge in [0, 0.05) is 55.8 Å². The van der Waals surface area contributed by atoms with E-state index in [0.717, 1.165) is 7.11 Å². The minimum absolute atomic E-state index is 0.0106. The Morgan fingerprint density at radius 2 is 1.30 bits per heavy atom. The molecule has 0 saturated heterocycles. The third-order valence-corrected chi connectivity index (χ3v) is 5.57. The van der Waals surface area contributed by atoms with Crippen molar-refractivity contribution in [2.75, 3.05) is 28.4 Å². The van der Waals surface area contributed by atoms with Gasteiger partial charge in [-0.3, -0.25) is 0 Å². The zero-order valence-corrected chi connectivity index (χ0v) is 21.1. The summed E-state index contributed by atoms with van der Waals surface area (Å²) in [6, 6.07) is 2.94. The van der Waals surface area contributed by atoms with Gasteiger partial charge in [-0.1, -0.05) is 11.6 Å². The van der Waals surface area contributed by atoms with Crippen LogP contribution in [-0.2, 0) is 9.39 Å². The molecule has 2 aromatic heterocycles. The molecule has 10 nitrogen and oxygen atoms in total. The third-order valence-electron chi connectivity index (χ3n) is 5.39. The second kappa shape index (κ2) is 14.0. The van der Waals surface area contributed by atoms with E-state index < -0.39 is 17.8 Å². The Labute approximate surface area is 215 Å². The molecule has 0 bridgehead atoms. The van der Waals surface area contributed by atoms with Gasteiger partial charge >= 0.3 is 17.3 Å². The summed E-state index contributed by atoms with van der Waals surface area (Å²) < 4.78 is 73.1. The van der Waals surface area contributed by atoms with Crippen LogP contribution in [0.25, 0.3) is 0 Å². The van der Waals surface area contributed by atoms with Crippen LogP contribution in [0.2, 0.25) is 5.15 Å². The van der Waals surface area contributed by atoms with Crippen molar-refractivity contribution in [3.8, 4) is 11.8 Å². The van der Waals surface area contributed by atoms with Crippen LogP contribution in [0, 0.1) is 6.65 Å². The summed E-state index contributed by atoms with van der Waals surface area (Å²) in [5.74, 6) is -6.02. The fourth-order valence-corrected chi connectivity index (χ4v) is 3.79. The van der Waals surface area contributed by atoms with Crippen molar-refractivity contribution in [1.82, 2.24) is 20.4 Å². The zero-order chi connectivity index (χ0) is 28.4. The van der Waals surface area contributed by atoms with Crippen LogP contribution in [0.15, 0.2) is 12.1 Å². The van der Waals surface area contributed by atoms with E-state index in [1.165, 1.54) is 33.5 Å². The van der Waals surface area contributed by atoms with Gasteiger partial charge in [0.05, 0.1) is 21.3 Å². The van der Waals surface area contributed by atoms with E-state index in [1.807, 2.05) is 0 Å². The summed E-state index contributed by atoms with van der Waals surface area (Å²) in [6.45, 7) is 4.50. The van der Waals surface area contributed by atoms with Crippen molar-refractivity contribution in [1.29, 1.82) is 0 Å². The summed E-state index contributed by atoms with van der Waals surface area (Å²) in [6.07, 6.45) is -0.887. The van der Waals surface area contributed by atoms with Gasteiger partial charge in [-0.15, -0.1) is 20.4 Å². The number of nitrogens with zero attached hydrogens (tertiary/aromatic N) is 4. The van der Waals surface area contributed by atoms with E-state index in [2.05, 4.69) is 31.8 Å². The molecule has 37 heavy (non-hydrogen) atoms. The molecule has 2 saturated carbocycles. The quantitative estimate of drug-likeness (QED) is 0.252. The van der Waals surface area contributed by atoms with Gasteiger partial charge in [0.15, 0.2) is 10.8 Å². The van der Waals surface area contributed by atoms with Crippen molar-refractivity contribution < 1.29 is 46.3 Å². The number of hydrogen-bond donors (Lipinski definition) is 1. The number of halogens is 5. The number of carbonyl (C=O) groups is 1. The first kappa shape index (κ1) is 32.0. The van der Waals surface area contributed by atoms with Crippen molar-refractivity contribution in [2.24, 2.45) is 0 Å². The van der Waals surface area contributed by atoms with E-state index in [-0.39, 0.29) is 60.1 Å². The predicted molar refractivity (Wildman–Crippen MR) is 119 cm³/mol. The molecule has 0 aromatic carbocycles. The summed E-state index contributed by atoms with van der Waals surface area (Å²) >= 11 is 5.65. The maximum absolute atomic E-state index is 12.9. The van der Waals surface area contributed by atoms with Gasteiger partial charge < -0.3 is 19.3 Å². The van der Waals surface area contributed by atoms with Crippen LogP contribution >= 0.6 is 11.6 Å². The number of aliphatic hydroxyl groups is 1. The molecule has 0 aliphatic heterocycles. The Balaban J connectivity index is 0.000000330. The van der Waals surface area contributed by atoms with Gasteiger partial charge in [0.25, 0.3) is 0 Å². The average molecular weight is 553 g/mol. The van der Waals surface area contributed by atoms with Gasteiger partial charge in [-0.05, 0) is 12.1 Å². The summed E-state index contributed by atoms with van der Waals surface area (Å²) in [7, 11) is 5.02. The predicted octanol–water partition coefficient (Wildman–Crippen LogP) is 4.01. The maximum atomic E-state index is 12.9. The molecule has 204 valence electrons. The van der Waals surface area contributed by atoms with Gasteiger partial charge in [0.2, 0.25) is 23.6 Å². The molecular formula is C22H25ClF4N4O6. The fraction of sp³-hybridized carbons (Fsp3) is 0.545. The SMILES string of the molecule is CO.COC(=O)c1cc(C2CC(F)(F)C2)c(OC)nn1.COc1nnc(Cl)cc1C1CC(F)(F)C1.[C-]#[O+]. The number of ether oxygens (including phenoxy) is 3. The molecule has 2 aromatic rings. The van der Waals surface area contributed by atoms with E-state index in [9.17, 15) is 22.4 Å². The number of methoxy groups -OCH3 is 3. The molecule has 2 aliphatic carbocycles. The van der Waals surface area contributed by atoms with E-state index in [4.69, 9.17) is 30.8 Å². The first-order valence-corrected chi connectivity index (χ1v) is 10.8. The Morgan fingerprint density at radius 3 is 1.68 bits per heavy atom. The molecule has 0 atom stereocenters. The summed E-state index contributed by atoms with van der Waals surface area (Å²) in [5.41, 5.74) is 1.07. The van der Waals surface area contributed by atoms with Crippen LogP contribution in [0.3, 0.4) is 0 Å². The topological polar surface area (TPSA) is 136 Å². The molecule has 0 radical (unpaired) electrons. The number of esters is 1. The Kier molecular flexibility index (Phi) is 12.1. The molecule has 1 N–H and O–H groups in total. The van der Waals surface area contributed by atoms with Crippen molar-refractivity contribution in [3.05, 3.63) is 40.8 Å². The molecular weight excluding hydrogens is 528 g/mol. The molecule has 0 amide bonds.